The molecule has 0 heterocycles. The molecule has 1 amide bonds. The van der Waals surface area contributed by atoms with Crippen LogP contribution < -0.4 is 5.32 Å². The predicted octanol–water partition coefficient (Wildman–Crippen LogP) is 1.57. The zero-order chi connectivity index (χ0) is 14.0. The number of nitrogens with zero attached hydrogens (tertiary/aromatic N) is 1. The van der Waals surface area contributed by atoms with E-state index in [1.165, 1.54) is 23.9 Å². The SMILES string of the molecule is CSc1ccc([N+](=O)[O-])c(C(=O)NC2CC(O)C2)c1. The molecule has 0 saturated heterocycles. The zero-order valence-corrected chi connectivity index (χ0v) is 11.1. The number of rotatable bonds is 4. The molecule has 19 heavy (non-hydrogen) atoms. The van der Waals surface area contributed by atoms with Crippen molar-refractivity contribution in [2.24, 2.45) is 0 Å². The fraction of sp³-hybridized carbons (Fsp3) is 0.417. The molecule has 7 heteroatoms. The van der Waals surface area contributed by atoms with E-state index in [0.29, 0.717) is 12.8 Å². The monoisotopic (exact) mass is 282 g/mol. The van der Waals surface area contributed by atoms with Crippen LogP contribution >= 0.6 is 11.8 Å². The van der Waals surface area contributed by atoms with Crippen LogP contribution in [-0.2, 0) is 0 Å². The minimum absolute atomic E-state index is 0.0678. The van der Waals surface area contributed by atoms with Crippen LogP contribution in [0.3, 0.4) is 0 Å². The number of aliphatic hydroxyl groups is 1. The van der Waals surface area contributed by atoms with Crippen molar-refractivity contribution in [3.8, 4) is 0 Å². The molecule has 0 atom stereocenters. The number of aliphatic hydroxyl groups excluding tert-OH is 1. The quantitative estimate of drug-likeness (QED) is 0.497. The summed E-state index contributed by atoms with van der Waals surface area (Å²) >= 11 is 1.42. The van der Waals surface area contributed by atoms with Gasteiger partial charge in [0.1, 0.15) is 5.56 Å². The van der Waals surface area contributed by atoms with Gasteiger partial charge in [0.2, 0.25) is 0 Å². The molecule has 1 saturated carbocycles. The van der Waals surface area contributed by atoms with Gasteiger partial charge in [-0.3, -0.25) is 14.9 Å². The number of benzene rings is 1. The summed E-state index contributed by atoms with van der Waals surface area (Å²) in [5, 5.41) is 22.8. The maximum Gasteiger partial charge on any atom is 0.282 e. The fourth-order valence-corrected chi connectivity index (χ4v) is 2.39. The predicted molar refractivity (Wildman–Crippen MR) is 71.4 cm³/mol. The van der Waals surface area contributed by atoms with Gasteiger partial charge in [-0.25, -0.2) is 0 Å². The average molecular weight is 282 g/mol. The van der Waals surface area contributed by atoms with Crippen LogP contribution in [0.2, 0.25) is 0 Å². The minimum Gasteiger partial charge on any atom is -0.393 e. The van der Waals surface area contributed by atoms with E-state index in [2.05, 4.69) is 5.32 Å². The first-order valence-electron chi connectivity index (χ1n) is 5.82. The van der Waals surface area contributed by atoms with Crippen LogP contribution in [0, 0.1) is 10.1 Å². The van der Waals surface area contributed by atoms with Crippen LogP contribution in [0.4, 0.5) is 5.69 Å². The third kappa shape index (κ3) is 3.05. The van der Waals surface area contributed by atoms with Gasteiger partial charge in [0.05, 0.1) is 11.0 Å². The summed E-state index contributed by atoms with van der Waals surface area (Å²) in [5.41, 5.74) is -0.131. The summed E-state index contributed by atoms with van der Waals surface area (Å²) in [6.07, 6.45) is 2.46. The van der Waals surface area contributed by atoms with Gasteiger partial charge in [-0.2, -0.15) is 0 Å². The van der Waals surface area contributed by atoms with Crippen LogP contribution in [0.15, 0.2) is 23.1 Å². The molecule has 0 radical (unpaired) electrons. The Morgan fingerprint density at radius 2 is 2.21 bits per heavy atom. The Hall–Kier alpha value is -1.60. The van der Waals surface area contributed by atoms with E-state index in [-0.39, 0.29) is 23.4 Å². The van der Waals surface area contributed by atoms with Crippen molar-refractivity contribution in [2.45, 2.75) is 29.9 Å². The first-order chi connectivity index (χ1) is 9.01. The van der Waals surface area contributed by atoms with Gasteiger partial charge in [-0.05, 0) is 31.2 Å². The Kier molecular flexibility index (Phi) is 4.06. The molecular formula is C12H14N2O4S. The molecular weight excluding hydrogens is 268 g/mol. The van der Waals surface area contributed by atoms with Gasteiger partial charge in [-0.15, -0.1) is 11.8 Å². The third-order valence-electron chi connectivity index (χ3n) is 3.09. The largest absolute Gasteiger partial charge is 0.393 e. The number of thioether (sulfide) groups is 1. The Labute approximate surface area is 114 Å². The molecule has 1 aliphatic carbocycles. The smallest absolute Gasteiger partial charge is 0.282 e. The zero-order valence-electron chi connectivity index (χ0n) is 10.3. The summed E-state index contributed by atoms with van der Waals surface area (Å²) < 4.78 is 0. The van der Waals surface area contributed by atoms with Crippen molar-refractivity contribution in [1.29, 1.82) is 0 Å². The molecule has 1 fully saturated rings. The summed E-state index contributed by atoms with van der Waals surface area (Å²) in [6, 6.07) is 4.39. The van der Waals surface area contributed by atoms with E-state index in [1.807, 2.05) is 6.26 Å². The van der Waals surface area contributed by atoms with Crippen LogP contribution in [0.25, 0.3) is 0 Å². The lowest BCUT2D eigenvalue weighted by Crippen LogP contribution is -2.46. The fourth-order valence-electron chi connectivity index (χ4n) is 1.95. The molecule has 0 aromatic heterocycles. The first-order valence-corrected chi connectivity index (χ1v) is 7.05. The van der Waals surface area contributed by atoms with E-state index < -0.39 is 10.8 Å². The highest BCUT2D eigenvalue weighted by Crippen LogP contribution is 2.26. The number of nitro benzene ring substituents is 1. The summed E-state index contributed by atoms with van der Waals surface area (Å²) in [4.78, 5) is 23.2. The van der Waals surface area contributed by atoms with Crippen molar-refractivity contribution in [3.05, 3.63) is 33.9 Å². The summed E-state index contributed by atoms with van der Waals surface area (Å²) in [5.74, 6) is -0.459. The van der Waals surface area contributed by atoms with Crippen molar-refractivity contribution >= 4 is 23.4 Å². The average Bonchev–Trinajstić information content (AvgIpc) is 2.35. The third-order valence-corrected chi connectivity index (χ3v) is 3.82. The number of amides is 1. The highest BCUT2D eigenvalue weighted by molar-refractivity contribution is 7.98. The maximum absolute atomic E-state index is 12.0. The molecule has 2 rings (SSSR count). The highest BCUT2D eigenvalue weighted by Gasteiger charge is 2.30. The van der Waals surface area contributed by atoms with Crippen molar-refractivity contribution in [2.75, 3.05) is 6.26 Å². The molecule has 0 unspecified atom stereocenters. The standard InChI is InChI=1S/C12H14N2O4S/c1-19-9-2-3-11(14(17)18)10(6-9)12(16)13-7-4-8(15)5-7/h2-3,6-8,15H,4-5H2,1H3,(H,13,16). The molecule has 0 aliphatic heterocycles. The normalized spacial score (nSPS) is 21.6. The molecule has 102 valence electrons. The second kappa shape index (κ2) is 5.58. The van der Waals surface area contributed by atoms with Gasteiger partial charge in [0.25, 0.3) is 11.6 Å². The van der Waals surface area contributed by atoms with E-state index in [9.17, 15) is 14.9 Å². The Bertz CT molecular complexity index is 514. The second-order valence-corrected chi connectivity index (χ2v) is 5.32. The van der Waals surface area contributed by atoms with Crippen molar-refractivity contribution in [3.63, 3.8) is 0 Å². The van der Waals surface area contributed by atoms with Crippen LogP contribution in [0.5, 0.6) is 0 Å². The van der Waals surface area contributed by atoms with Crippen molar-refractivity contribution < 1.29 is 14.8 Å². The molecule has 2 N–H and O–H groups in total. The number of nitro groups is 1. The number of hydrogen-bond acceptors (Lipinski definition) is 5. The number of carbonyl (C=O) groups is 1. The van der Waals surface area contributed by atoms with E-state index >= 15 is 0 Å². The molecule has 6 nitrogen and oxygen atoms in total. The molecule has 1 aliphatic rings. The molecule has 1 aromatic carbocycles. The van der Waals surface area contributed by atoms with Gasteiger partial charge in [0, 0.05) is 17.0 Å². The maximum atomic E-state index is 12.0. The topological polar surface area (TPSA) is 92.5 Å². The molecule has 0 spiro atoms. The Morgan fingerprint density at radius 3 is 2.74 bits per heavy atom. The van der Waals surface area contributed by atoms with Gasteiger partial charge < -0.3 is 10.4 Å². The first kappa shape index (κ1) is 13.8. The number of carbonyl (C=O) groups excluding carboxylic acids is 1. The lowest BCUT2D eigenvalue weighted by atomic mass is 9.89. The second-order valence-electron chi connectivity index (χ2n) is 4.44. The van der Waals surface area contributed by atoms with E-state index in [4.69, 9.17) is 5.11 Å². The van der Waals surface area contributed by atoms with E-state index in [0.717, 1.165) is 4.90 Å². The van der Waals surface area contributed by atoms with Gasteiger partial charge in [-0.1, -0.05) is 0 Å². The van der Waals surface area contributed by atoms with Crippen LogP contribution in [-0.4, -0.2) is 34.3 Å². The van der Waals surface area contributed by atoms with Gasteiger partial charge >= 0.3 is 0 Å². The molecule has 0 bridgehead atoms. The Morgan fingerprint density at radius 1 is 1.53 bits per heavy atom. The highest BCUT2D eigenvalue weighted by atomic mass is 32.2. The number of nitrogens with one attached hydrogen (secondary N) is 1. The Balaban J connectivity index is 2.20. The number of hydrogen-bond donors (Lipinski definition) is 2. The lowest BCUT2D eigenvalue weighted by molar-refractivity contribution is -0.385. The lowest BCUT2D eigenvalue weighted by Gasteiger charge is -2.31. The van der Waals surface area contributed by atoms with E-state index in [1.54, 1.807) is 6.07 Å². The minimum atomic E-state index is -0.561. The van der Waals surface area contributed by atoms with Crippen molar-refractivity contribution in [1.82, 2.24) is 5.32 Å². The summed E-state index contributed by atoms with van der Waals surface area (Å²) in [7, 11) is 0. The molecule has 1 aromatic rings. The van der Waals surface area contributed by atoms with Gasteiger partial charge in [0.15, 0.2) is 0 Å². The summed E-state index contributed by atoms with van der Waals surface area (Å²) in [6.45, 7) is 0. The van der Waals surface area contributed by atoms with Crippen LogP contribution in [0.1, 0.15) is 23.2 Å².